The van der Waals surface area contributed by atoms with E-state index < -0.39 is 13.0 Å². The van der Waals surface area contributed by atoms with Gasteiger partial charge in [-0.2, -0.15) is 0 Å². The van der Waals surface area contributed by atoms with Crippen molar-refractivity contribution < 1.29 is 18.3 Å². The highest BCUT2D eigenvalue weighted by atomic mass is 79.9. The molecule has 0 heterocycles. The zero-order valence-corrected chi connectivity index (χ0v) is 15.2. The van der Waals surface area contributed by atoms with Gasteiger partial charge in [0.05, 0.1) is 6.04 Å². The van der Waals surface area contributed by atoms with E-state index in [2.05, 4.69) is 26.6 Å². The third kappa shape index (κ3) is 6.34. The van der Waals surface area contributed by atoms with Gasteiger partial charge in [0.1, 0.15) is 12.4 Å². The number of benzene rings is 2. The van der Waals surface area contributed by atoms with Gasteiger partial charge in [-0.1, -0.05) is 46.3 Å². The van der Waals surface area contributed by atoms with E-state index in [-0.39, 0.29) is 18.6 Å². The van der Waals surface area contributed by atoms with Gasteiger partial charge < -0.3 is 15.4 Å². The maximum absolute atomic E-state index is 12.2. The molecule has 2 amide bonds. The van der Waals surface area contributed by atoms with Gasteiger partial charge in [-0.25, -0.2) is 13.6 Å². The quantitative estimate of drug-likeness (QED) is 0.694. The van der Waals surface area contributed by atoms with E-state index in [1.54, 1.807) is 24.3 Å². The van der Waals surface area contributed by atoms with Crippen molar-refractivity contribution in [3.8, 4) is 5.75 Å². The molecule has 25 heavy (non-hydrogen) atoms. The number of alkyl halides is 2. The van der Waals surface area contributed by atoms with Crippen LogP contribution in [0.4, 0.5) is 13.6 Å². The van der Waals surface area contributed by atoms with Crippen LogP contribution in [0.1, 0.15) is 24.1 Å². The molecule has 4 nitrogen and oxygen atoms in total. The molecule has 134 valence electrons. The molecule has 1 atom stereocenters. The molecule has 2 N–H and O–H groups in total. The summed E-state index contributed by atoms with van der Waals surface area (Å²) in [7, 11) is 0. The van der Waals surface area contributed by atoms with Gasteiger partial charge in [0, 0.05) is 11.0 Å². The summed E-state index contributed by atoms with van der Waals surface area (Å²) in [5.74, 6) is 0.349. The van der Waals surface area contributed by atoms with Gasteiger partial charge in [0.15, 0.2) is 0 Å². The first-order chi connectivity index (χ1) is 12.0. The van der Waals surface area contributed by atoms with Gasteiger partial charge in [-0.3, -0.25) is 0 Å². The number of hydrogen-bond donors (Lipinski definition) is 2. The molecule has 0 spiro atoms. The van der Waals surface area contributed by atoms with Crippen LogP contribution in [0.15, 0.2) is 53.0 Å². The first kappa shape index (κ1) is 19.2. The highest BCUT2D eigenvalue weighted by Crippen LogP contribution is 2.22. The van der Waals surface area contributed by atoms with E-state index in [1.807, 2.05) is 31.2 Å². The average Bonchev–Trinajstić information content (AvgIpc) is 2.59. The van der Waals surface area contributed by atoms with Crippen molar-refractivity contribution in [3.05, 3.63) is 64.1 Å². The third-order valence-electron chi connectivity index (χ3n) is 3.45. The van der Waals surface area contributed by atoms with Crippen molar-refractivity contribution in [1.29, 1.82) is 0 Å². The van der Waals surface area contributed by atoms with E-state index in [0.717, 1.165) is 15.6 Å². The van der Waals surface area contributed by atoms with E-state index in [1.165, 1.54) is 0 Å². The Kier molecular flexibility index (Phi) is 7.18. The molecule has 0 aliphatic carbocycles. The molecule has 0 fully saturated rings. The summed E-state index contributed by atoms with van der Waals surface area (Å²) in [5.41, 5.74) is 1.73. The monoisotopic (exact) mass is 412 g/mol. The number of rotatable bonds is 7. The Morgan fingerprint density at radius 2 is 1.96 bits per heavy atom. The summed E-state index contributed by atoms with van der Waals surface area (Å²) in [4.78, 5) is 12.0. The smallest absolute Gasteiger partial charge is 0.315 e. The summed E-state index contributed by atoms with van der Waals surface area (Å²) >= 11 is 3.46. The molecule has 0 saturated heterocycles. The fourth-order valence-electron chi connectivity index (χ4n) is 2.24. The third-order valence-corrected chi connectivity index (χ3v) is 4.17. The van der Waals surface area contributed by atoms with Crippen LogP contribution in [0.25, 0.3) is 0 Å². The molecule has 7 heteroatoms. The minimum atomic E-state index is -2.52. The highest BCUT2D eigenvalue weighted by Gasteiger charge is 2.11. The van der Waals surface area contributed by atoms with Crippen LogP contribution in [0.3, 0.4) is 0 Å². The Balaban J connectivity index is 1.85. The van der Waals surface area contributed by atoms with Gasteiger partial charge in [-0.15, -0.1) is 0 Å². The number of carbonyl (C=O) groups is 1. The van der Waals surface area contributed by atoms with Crippen LogP contribution in [0.5, 0.6) is 5.75 Å². The van der Waals surface area contributed by atoms with Gasteiger partial charge in [-0.05, 0) is 36.2 Å². The average molecular weight is 413 g/mol. The molecule has 0 saturated carbocycles. The van der Waals surface area contributed by atoms with E-state index in [0.29, 0.717) is 5.75 Å². The highest BCUT2D eigenvalue weighted by molar-refractivity contribution is 9.10. The van der Waals surface area contributed by atoms with Crippen LogP contribution in [0, 0.1) is 0 Å². The number of urea groups is 1. The fraction of sp³-hybridized carbons (Fsp3) is 0.278. The minimum absolute atomic E-state index is 0.170. The van der Waals surface area contributed by atoms with Crippen molar-refractivity contribution >= 4 is 22.0 Å². The Labute approximate surface area is 153 Å². The molecular weight excluding hydrogens is 394 g/mol. The lowest BCUT2D eigenvalue weighted by Gasteiger charge is -2.16. The Hall–Kier alpha value is -2.15. The SMILES string of the molecule is CC(NC(=O)NCc1cccc(OCC(F)F)c1)c1ccccc1Br. The van der Waals surface area contributed by atoms with E-state index >= 15 is 0 Å². The van der Waals surface area contributed by atoms with Crippen molar-refractivity contribution in [2.24, 2.45) is 0 Å². The van der Waals surface area contributed by atoms with E-state index in [9.17, 15) is 13.6 Å². The molecule has 1 unspecified atom stereocenters. The lowest BCUT2D eigenvalue weighted by Crippen LogP contribution is -2.36. The molecule has 0 aliphatic heterocycles. The van der Waals surface area contributed by atoms with Crippen LogP contribution < -0.4 is 15.4 Å². The largest absolute Gasteiger partial charge is 0.488 e. The van der Waals surface area contributed by atoms with Gasteiger partial charge in [0.2, 0.25) is 0 Å². The van der Waals surface area contributed by atoms with Crippen LogP contribution in [0.2, 0.25) is 0 Å². The van der Waals surface area contributed by atoms with Crippen LogP contribution in [-0.2, 0) is 6.54 Å². The second kappa shape index (κ2) is 9.36. The van der Waals surface area contributed by atoms with Gasteiger partial charge >= 0.3 is 6.03 Å². The van der Waals surface area contributed by atoms with Crippen LogP contribution in [-0.4, -0.2) is 19.1 Å². The lowest BCUT2D eigenvalue weighted by molar-refractivity contribution is 0.0818. The number of halogens is 3. The predicted molar refractivity (Wildman–Crippen MR) is 95.9 cm³/mol. The Morgan fingerprint density at radius 3 is 2.68 bits per heavy atom. The molecule has 0 bridgehead atoms. The maximum Gasteiger partial charge on any atom is 0.315 e. The number of hydrogen-bond acceptors (Lipinski definition) is 2. The van der Waals surface area contributed by atoms with Crippen molar-refractivity contribution in [1.82, 2.24) is 10.6 Å². The summed E-state index contributed by atoms with van der Waals surface area (Å²) < 4.78 is 30.2. The molecule has 0 aromatic heterocycles. The first-order valence-electron chi connectivity index (χ1n) is 7.74. The Morgan fingerprint density at radius 1 is 1.20 bits per heavy atom. The lowest BCUT2D eigenvalue weighted by atomic mass is 10.1. The molecular formula is C18H19BrF2N2O2. The first-order valence-corrected chi connectivity index (χ1v) is 8.53. The number of ether oxygens (including phenoxy) is 1. The van der Waals surface area contributed by atoms with Crippen molar-refractivity contribution in [2.45, 2.75) is 25.9 Å². The molecule has 0 aliphatic rings. The zero-order chi connectivity index (χ0) is 18.2. The number of carbonyl (C=O) groups excluding carboxylic acids is 1. The summed E-state index contributed by atoms with van der Waals surface area (Å²) in [6.45, 7) is 1.50. The Bertz CT molecular complexity index is 713. The maximum atomic E-state index is 12.2. The van der Waals surface area contributed by atoms with Gasteiger partial charge in [0.25, 0.3) is 6.43 Å². The zero-order valence-electron chi connectivity index (χ0n) is 13.6. The van der Waals surface area contributed by atoms with Crippen molar-refractivity contribution in [2.75, 3.05) is 6.61 Å². The topological polar surface area (TPSA) is 50.4 Å². The fourth-order valence-corrected chi connectivity index (χ4v) is 2.87. The molecule has 0 radical (unpaired) electrons. The summed E-state index contributed by atoms with van der Waals surface area (Å²) in [6, 6.07) is 13.9. The molecule has 2 rings (SSSR count). The van der Waals surface area contributed by atoms with E-state index in [4.69, 9.17) is 4.74 Å². The molecule has 2 aromatic carbocycles. The second-order valence-electron chi connectivity index (χ2n) is 5.42. The minimum Gasteiger partial charge on any atom is -0.488 e. The molecule has 2 aromatic rings. The second-order valence-corrected chi connectivity index (χ2v) is 6.27. The normalized spacial score (nSPS) is 11.9. The summed E-state index contributed by atoms with van der Waals surface area (Å²) in [5, 5.41) is 5.59. The summed E-state index contributed by atoms with van der Waals surface area (Å²) in [6.07, 6.45) is -2.52. The number of nitrogens with one attached hydrogen (secondary N) is 2. The standard InChI is InChI=1S/C18H19BrF2N2O2/c1-12(15-7-2-3-8-16(15)19)23-18(24)22-10-13-5-4-6-14(9-13)25-11-17(20)21/h2-9,12,17H,10-11H2,1H3,(H2,22,23,24). The van der Waals surface area contributed by atoms with Crippen molar-refractivity contribution in [3.63, 3.8) is 0 Å². The van der Waals surface area contributed by atoms with Crippen LogP contribution >= 0.6 is 15.9 Å². The number of amides is 2. The predicted octanol–water partition coefficient (Wildman–Crippen LogP) is 4.65.